The number of amides is 1. The van der Waals surface area contributed by atoms with Crippen LogP contribution in [0.25, 0.3) is 10.9 Å². The third-order valence-electron chi connectivity index (χ3n) is 4.61. The van der Waals surface area contributed by atoms with Gasteiger partial charge in [0.1, 0.15) is 17.7 Å². The summed E-state index contributed by atoms with van der Waals surface area (Å²) in [6.45, 7) is 9.12. The molecular weight excluding hydrogens is 400 g/mol. The van der Waals surface area contributed by atoms with Crippen LogP contribution in [0.1, 0.15) is 46.6 Å². The molecule has 0 saturated carbocycles. The van der Waals surface area contributed by atoms with Crippen molar-refractivity contribution in [3.63, 3.8) is 0 Å². The van der Waals surface area contributed by atoms with Gasteiger partial charge in [0.25, 0.3) is 0 Å². The molecule has 0 aliphatic rings. The van der Waals surface area contributed by atoms with Crippen molar-refractivity contribution in [2.45, 2.75) is 65.2 Å². The van der Waals surface area contributed by atoms with Crippen LogP contribution in [0.3, 0.4) is 0 Å². The SMILES string of the molecule is COC(=O)[C@H](Cc1cn(C(=O)OC(C)(C)C)c2ccccc12)NC(=O)[C@@H](O)CC(C)C. The lowest BCUT2D eigenvalue weighted by Crippen LogP contribution is -2.47. The van der Waals surface area contributed by atoms with Crippen molar-refractivity contribution in [1.29, 1.82) is 0 Å². The number of esters is 1. The highest BCUT2D eigenvalue weighted by Crippen LogP contribution is 2.24. The molecule has 0 saturated heterocycles. The molecule has 0 radical (unpaired) electrons. The summed E-state index contributed by atoms with van der Waals surface area (Å²) in [6, 6.07) is 6.21. The van der Waals surface area contributed by atoms with Crippen molar-refractivity contribution in [2.24, 2.45) is 5.92 Å². The largest absolute Gasteiger partial charge is 0.467 e. The number of benzene rings is 1. The van der Waals surface area contributed by atoms with E-state index in [9.17, 15) is 19.5 Å². The van der Waals surface area contributed by atoms with Gasteiger partial charge in [0, 0.05) is 18.0 Å². The summed E-state index contributed by atoms with van der Waals surface area (Å²) in [5, 5.41) is 13.4. The molecule has 0 aliphatic heterocycles. The minimum atomic E-state index is -1.23. The highest BCUT2D eigenvalue weighted by atomic mass is 16.6. The van der Waals surface area contributed by atoms with Gasteiger partial charge in [-0.15, -0.1) is 0 Å². The zero-order valence-electron chi connectivity index (χ0n) is 19.0. The van der Waals surface area contributed by atoms with E-state index in [2.05, 4.69) is 5.32 Å². The molecule has 2 rings (SSSR count). The second-order valence-electron chi connectivity index (χ2n) is 8.96. The molecule has 1 heterocycles. The number of aliphatic hydroxyl groups is 1. The Morgan fingerprint density at radius 1 is 1.16 bits per heavy atom. The lowest BCUT2D eigenvalue weighted by molar-refractivity contribution is -0.146. The molecule has 2 N–H and O–H groups in total. The Bertz CT molecular complexity index is 941. The fourth-order valence-corrected chi connectivity index (χ4v) is 3.25. The van der Waals surface area contributed by atoms with E-state index in [0.29, 0.717) is 11.1 Å². The molecule has 0 bridgehead atoms. The molecule has 0 unspecified atom stereocenters. The number of aliphatic hydroxyl groups excluding tert-OH is 1. The van der Waals surface area contributed by atoms with E-state index >= 15 is 0 Å². The van der Waals surface area contributed by atoms with E-state index in [4.69, 9.17) is 9.47 Å². The fraction of sp³-hybridized carbons (Fsp3) is 0.522. The van der Waals surface area contributed by atoms with Gasteiger partial charge in [-0.25, -0.2) is 9.59 Å². The maximum absolute atomic E-state index is 12.7. The minimum Gasteiger partial charge on any atom is -0.467 e. The van der Waals surface area contributed by atoms with E-state index < -0.39 is 35.7 Å². The molecule has 1 aromatic heterocycles. The van der Waals surface area contributed by atoms with Gasteiger partial charge < -0.3 is 19.9 Å². The second-order valence-corrected chi connectivity index (χ2v) is 8.96. The highest BCUT2D eigenvalue weighted by molar-refractivity contribution is 5.93. The van der Waals surface area contributed by atoms with Crippen molar-refractivity contribution in [3.8, 4) is 0 Å². The van der Waals surface area contributed by atoms with Gasteiger partial charge in [-0.05, 0) is 44.7 Å². The van der Waals surface area contributed by atoms with Crippen LogP contribution >= 0.6 is 0 Å². The number of para-hydroxylation sites is 1. The van der Waals surface area contributed by atoms with Crippen LogP contribution in [-0.2, 0) is 25.5 Å². The number of methoxy groups -OCH3 is 1. The number of rotatable bonds is 7. The molecule has 8 nitrogen and oxygen atoms in total. The van der Waals surface area contributed by atoms with Gasteiger partial charge in [-0.3, -0.25) is 9.36 Å². The molecule has 0 aliphatic carbocycles. The van der Waals surface area contributed by atoms with Crippen LogP contribution in [0.2, 0.25) is 0 Å². The molecule has 2 atom stereocenters. The third kappa shape index (κ3) is 6.55. The third-order valence-corrected chi connectivity index (χ3v) is 4.61. The van der Waals surface area contributed by atoms with E-state index in [1.54, 1.807) is 39.1 Å². The molecule has 1 amide bonds. The summed E-state index contributed by atoms with van der Waals surface area (Å²) in [7, 11) is 1.23. The topological polar surface area (TPSA) is 107 Å². The minimum absolute atomic E-state index is 0.0864. The zero-order valence-corrected chi connectivity index (χ0v) is 19.0. The average molecular weight is 433 g/mol. The Kier molecular flexibility index (Phi) is 7.84. The molecule has 170 valence electrons. The Morgan fingerprint density at radius 2 is 1.81 bits per heavy atom. The smallest absolute Gasteiger partial charge is 0.419 e. The molecule has 0 fully saturated rings. The summed E-state index contributed by atoms with van der Waals surface area (Å²) in [5.41, 5.74) is 0.620. The number of nitrogens with one attached hydrogen (secondary N) is 1. The standard InChI is InChI=1S/C23H32N2O6/c1-14(2)11-19(26)20(27)24-17(21(28)30-6)12-15-13-25(22(29)31-23(3,4)5)18-10-8-7-9-16(15)18/h7-10,13-14,17,19,26H,11-12H2,1-6H3,(H,24,27)/t17-,19-/m0/s1. The molecule has 8 heteroatoms. The molecule has 31 heavy (non-hydrogen) atoms. The van der Waals surface area contributed by atoms with E-state index in [0.717, 1.165) is 5.39 Å². The first-order valence-corrected chi connectivity index (χ1v) is 10.3. The monoisotopic (exact) mass is 432 g/mol. The van der Waals surface area contributed by atoms with Gasteiger partial charge >= 0.3 is 12.1 Å². The van der Waals surface area contributed by atoms with Gasteiger partial charge in [0.2, 0.25) is 5.91 Å². The number of hydrogen-bond donors (Lipinski definition) is 2. The van der Waals surface area contributed by atoms with E-state index in [-0.39, 0.29) is 18.8 Å². The van der Waals surface area contributed by atoms with Crippen molar-refractivity contribution in [2.75, 3.05) is 7.11 Å². The average Bonchev–Trinajstić information content (AvgIpc) is 3.03. The van der Waals surface area contributed by atoms with Crippen LogP contribution in [0.4, 0.5) is 4.79 Å². The van der Waals surface area contributed by atoms with Crippen molar-refractivity contribution in [1.82, 2.24) is 9.88 Å². The normalized spacial score (nSPS) is 13.7. The van der Waals surface area contributed by atoms with Crippen molar-refractivity contribution >= 4 is 28.9 Å². The first kappa shape index (κ1) is 24.4. The van der Waals surface area contributed by atoms with E-state index in [1.807, 2.05) is 26.0 Å². The van der Waals surface area contributed by atoms with Crippen LogP contribution in [0, 0.1) is 5.92 Å². The van der Waals surface area contributed by atoms with Crippen molar-refractivity contribution in [3.05, 3.63) is 36.0 Å². The van der Waals surface area contributed by atoms with Crippen LogP contribution < -0.4 is 5.32 Å². The predicted octanol–water partition coefficient (Wildman–Crippen LogP) is 3.03. The summed E-state index contributed by atoms with van der Waals surface area (Å²) in [4.78, 5) is 37.4. The zero-order chi connectivity index (χ0) is 23.3. The van der Waals surface area contributed by atoms with Gasteiger partial charge in [0.15, 0.2) is 0 Å². The quantitative estimate of drug-likeness (QED) is 0.652. The number of carbonyl (C=O) groups is 3. The first-order chi connectivity index (χ1) is 14.4. The Balaban J connectivity index is 2.34. The number of ether oxygens (including phenoxy) is 2. The molecule has 1 aromatic carbocycles. The molecule has 2 aromatic rings. The second kappa shape index (κ2) is 9.96. The highest BCUT2D eigenvalue weighted by Gasteiger charge is 2.28. The maximum Gasteiger partial charge on any atom is 0.419 e. The Labute approximate surface area is 182 Å². The maximum atomic E-state index is 12.7. The lowest BCUT2D eigenvalue weighted by Gasteiger charge is -2.20. The Hall–Kier alpha value is -2.87. The van der Waals surface area contributed by atoms with Gasteiger partial charge in [0.05, 0.1) is 12.6 Å². The van der Waals surface area contributed by atoms with Crippen molar-refractivity contribution < 1.29 is 29.0 Å². The first-order valence-electron chi connectivity index (χ1n) is 10.3. The Morgan fingerprint density at radius 3 is 2.39 bits per heavy atom. The molecule has 0 spiro atoms. The van der Waals surface area contributed by atoms with Gasteiger partial charge in [-0.2, -0.15) is 0 Å². The number of nitrogens with zero attached hydrogens (tertiary/aromatic N) is 1. The predicted molar refractivity (Wildman–Crippen MR) is 117 cm³/mol. The fourth-order valence-electron chi connectivity index (χ4n) is 3.25. The summed E-state index contributed by atoms with van der Waals surface area (Å²) in [5.74, 6) is -1.16. The summed E-state index contributed by atoms with van der Waals surface area (Å²) in [6.07, 6.45) is 0.197. The molecular formula is C23H32N2O6. The van der Waals surface area contributed by atoms with E-state index in [1.165, 1.54) is 11.7 Å². The number of aromatic nitrogens is 1. The summed E-state index contributed by atoms with van der Waals surface area (Å²) >= 11 is 0. The summed E-state index contributed by atoms with van der Waals surface area (Å²) < 4.78 is 11.7. The lowest BCUT2D eigenvalue weighted by atomic mass is 10.0. The number of carbonyl (C=O) groups excluding carboxylic acids is 3. The number of hydrogen-bond acceptors (Lipinski definition) is 6. The van der Waals surface area contributed by atoms with Gasteiger partial charge in [-0.1, -0.05) is 32.0 Å². The van der Waals surface area contributed by atoms with Crippen LogP contribution in [0.15, 0.2) is 30.5 Å². The number of fused-ring (bicyclic) bond motifs is 1. The van der Waals surface area contributed by atoms with Crippen LogP contribution in [-0.4, -0.2) is 52.5 Å². The van der Waals surface area contributed by atoms with Crippen LogP contribution in [0.5, 0.6) is 0 Å².